The molecule has 6 heteroatoms. The number of benzene rings is 1. The molecule has 0 fully saturated rings. The standard InChI is InChI=1S/C20H23N3O3/c1-23(2)11-6-12-26-19(14-7-4-3-5-8-14)17-13-16-18(22-17)15(20(24)25)9-10-21-16/h3-5,7-10,13,19,22H,6,11-12H2,1-2H3,(H,24,25). The van der Waals surface area contributed by atoms with Crippen LogP contribution in [-0.4, -0.2) is 53.2 Å². The molecule has 0 radical (unpaired) electrons. The topological polar surface area (TPSA) is 78.4 Å². The number of pyridine rings is 1. The molecule has 26 heavy (non-hydrogen) atoms. The van der Waals surface area contributed by atoms with Gasteiger partial charge in [0, 0.05) is 12.8 Å². The number of nitrogens with zero attached hydrogens (tertiary/aromatic N) is 2. The third-order valence-electron chi connectivity index (χ3n) is 4.19. The minimum atomic E-state index is -0.978. The molecule has 0 amide bonds. The van der Waals surface area contributed by atoms with Gasteiger partial charge in [-0.2, -0.15) is 0 Å². The van der Waals surface area contributed by atoms with Crippen LogP contribution in [0.3, 0.4) is 0 Å². The van der Waals surface area contributed by atoms with Crippen molar-refractivity contribution in [3.63, 3.8) is 0 Å². The van der Waals surface area contributed by atoms with Gasteiger partial charge < -0.3 is 19.7 Å². The first-order valence-corrected chi connectivity index (χ1v) is 8.58. The number of aromatic nitrogens is 2. The maximum absolute atomic E-state index is 11.5. The fourth-order valence-corrected chi connectivity index (χ4v) is 2.94. The Hall–Kier alpha value is -2.70. The van der Waals surface area contributed by atoms with Crippen molar-refractivity contribution >= 4 is 17.0 Å². The lowest BCUT2D eigenvalue weighted by molar-refractivity contribution is 0.0696. The van der Waals surface area contributed by atoms with Crippen LogP contribution in [0.2, 0.25) is 0 Å². The normalized spacial score (nSPS) is 12.6. The predicted molar refractivity (Wildman–Crippen MR) is 100 cm³/mol. The van der Waals surface area contributed by atoms with E-state index < -0.39 is 5.97 Å². The van der Waals surface area contributed by atoms with Crippen molar-refractivity contribution in [3.8, 4) is 0 Å². The van der Waals surface area contributed by atoms with Crippen molar-refractivity contribution in [2.75, 3.05) is 27.2 Å². The Morgan fingerprint density at radius 2 is 2.04 bits per heavy atom. The van der Waals surface area contributed by atoms with Crippen molar-refractivity contribution < 1.29 is 14.6 Å². The Bertz CT molecular complexity index is 874. The highest BCUT2D eigenvalue weighted by atomic mass is 16.5. The lowest BCUT2D eigenvalue weighted by Gasteiger charge is -2.18. The summed E-state index contributed by atoms with van der Waals surface area (Å²) >= 11 is 0. The summed E-state index contributed by atoms with van der Waals surface area (Å²) in [5.41, 5.74) is 3.17. The summed E-state index contributed by atoms with van der Waals surface area (Å²) in [4.78, 5) is 21.1. The number of rotatable bonds is 8. The first-order chi connectivity index (χ1) is 12.6. The van der Waals surface area contributed by atoms with Crippen LogP contribution in [-0.2, 0) is 4.74 Å². The largest absolute Gasteiger partial charge is 0.478 e. The van der Waals surface area contributed by atoms with Gasteiger partial charge in [-0.15, -0.1) is 0 Å². The Morgan fingerprint density at radius 1 is 1.27 bits per heavy atom. The van der Waals surface area contributed by atoms with Crippen LogP contribution in [0.15, 0.2) is 48.7 Å². The number of aromatic amines is 1. The van der Waals surface area contributed by atoms with E-state index in [1.807, 2.05) is 50.5 Å². The maximum atomic E-state index is 11.5. The quantitative estimate of drug-likeness (QED) is 0.608. The number of carboxylic acids is 1. The van der Waals surface area contributed by atoms with E-state index in [-0.39, 0.29) is 11.7 Å². The second-order valence-electron chi connectivity index (χ2n) is 6.47. The maximum Gasteiger partial charge on any atom is 0.337 e. The molecule has 3 aromatic rings. The average molecular weight is 353 g/mol. The molecular weight excluding hydrogens is 330 g/mol. The zero-order valence-electron chi connectivity index (χ0n) is 15.0. The van der Waals surface area contributed by atoms with Crippen LogP contribution in [0.1, 0.15) is 34.1 Å². The third-order valence-corrected chi connectivity index (χ3v) is 4.19. The van der Waals surface area contributed by atoms with E-state index >= 15 is 0 Å². The van der Waals surface area contributed by atoms with E-state index in [1.165, 1.54) is 12.3 Å². The SMILES string of the molecule is CN(C)CCCOC(c1ccccc1)c1cc2nccc(C(=O)O)c2[nH]1. The van der Waals surface area contributed by atoms with Crippen molar-refractivity contribution in [2.24, 2.45) is 0 Å². The predicted octanol–water partition coefficient (Wildman–Crippen LogP) is 3.32. The number of ether oxygens (including phenoxy) is 1. The smallest absolute Gasteiger partial charge is 0.337 e. The molecule has 2 heterocycles. The van der Waals surface area contributed by atoms with Gasteiger partial charge in [0.2, 0.25) is 0 Å². The number of hydrogen-bond donors (Lipinski definition) is 2. The van der Waals surface area contributed by atoms with Crippen LogP contribution in [0.25, 0.3) is 11.0 Å². The van der Waals surface area contributed by atoms with Crippen LogP contribution in [0.5, 0.6) is 0 Å². The van der Waals surface area contributed by atoms with E-state index in [1.54, 1.807) is 0 Å². The summed E-state index contributed by atoms with van der Waals surface area (Å²) in [6.45, 7) is 1.55. The molecule has 0 aliphatic heterocycles. The highest BCUT2D eigenvalue weighted by Crippen LogP contribution is 2.29. The second-order valence-corrected chi connectivity index (χ2v) is 6.47. The molecule has 0 aliphatic rings. The van der Waals surface area contributed by atoms with Crippen LogP contribution >= 0.6 is 0 Å². The average Bonchev–Trinajstić information content (AvgIpc) is 3.05. The molecule has 6 nitrogen and oxygen atoms in total. The van der Waals surface area contributed by atoms with E-state index in [4.69, 9.17) is 4.74 Å². The van der Waals surface area contributed by atoms with Crippen LogP contribution < -0.4 is 0 Å². The highest BCUT2D eigenvalue weighted by Gasteiger charge is 2.20. The number of H-pyrrole nitrogens is 1. The van der Waals surface area contributed by atoms with Crippen molar-refractivity contribution in [1.82, 2.24) is 14.9 Å². The molecule has 0 saturated carbocycles. The number of nitrogens with one attached hydrogen (secondary N) is 1. The van der Waals surface area contributed by atoms with E-state index in [2.05, 4.69) is 14.9 Å². The number of carbonyl (C=O) groups is 1. The molecule has 2 aromatic heterocycles. The second kappa shape index (κ2) is 8.12. The van der Waals surface area contributed by atoms with Gasteiger partial charge in [-0.05, 0) is 44.8 Å². The number of carboxylic acid groups (broad SMARTS) is 1. The fourth-order valence-electron chi connectivity index (χ4n) is 2.94. The summed E-state index contributed by atoms with van der Waals surface area (Å²) in [5, 5.41) is 9.39. The zero-order valence-corrected chi connectivity index (χ0v) is 15.0. The minimum absolute atomic E-state index is 0.209. The van der Waals surface area contributed by atoms with Crippen molar-refractivity contribution in [2.45, 2.75) is 12.5 Å². The molecule has 2 N–H and O–H groups in total. The molecule has 0 aliphatic carbocycles. The number of hydrogen-bond acceptors (Lipinski definition) is 4. The van der Waals surface area contributed by atoms with E-state index in [0.29, 0.717) is 17.6 Å². The first kappa shape index (κ1) is 18.1. The molecule has 0 spiro atoms. The lowest BCUT2D eigenvalue weighted by atomic mass is 10.1. The molecule has 136 valence electrons. The molecule has 1 aromatic carbocycles. The zero-order chi connectivity index (χ0) is 18.5. The van der Waals surface area contributed by atoms with Gasteiger partial charge in [0.05, 0.1) is 22.3 Å². The Morgan fingerprint density at radius 3 is 2.73 bits per heavy atom. The lowest BCUT2D eigenvalue weighted by Crippen LogP contribution is -2.16. The fraction of sp³-hybridized carbons (Fsp3) is 0.300. The molecule has 1 unspecified atom stereocenters. The van der Waals surface area contributed by atoms with Gasteiger partial charge in [0.15, 0.2) is 0 Å². The molecule has 0 saturated heterocycles. The third kappa shape index (κ3) is 4.09. The summed E-state index contributed by atoms with van der Waals surface area (Å²) in [5.74, 6) is -0.978. The van der Waals surface area contributed by atoms with Crippen LogP contribution in [0, 0.1) is 0 Å². The van der Waals surface area contributed by atoms with E-state index in [9.17, 15) is 9.90 Å². The minimum Gasteiger partial charge on any atom is -0.478 e. The summed E-state index contributed by atoms with van der Waals surface area (Å²) < 4.78 is 6.16. The molecule has 3 rings (SSSR count). The van der Waals surface area contributed by atoms with Gasteiger partial charge in [-0.1, -0.05) is 30.3 Å². The molecule has 1 atom stereocenters. The van der Waals surface area contributed by atoms with E-state index in [0.717, 1.165) is 24.2 Å². The van der Waals surface area contributed by atoms with Crippen molar-refractivity contribution in [3.05, 3.63) is 65.5 Å². The summed E-state index contributed by atoms with van der Waals surface area (Å²) in [7, 11) is 4.07. The first-order valence-electron chi connectivity index (χ1n) is 8.58. The van der Waals surface area contributed by atoms with Gasteiger partial charge in [-0.3, -0.25) is 4.98 Å². The van der Waals surface area contributed by atoms with Gasteiger partial charge >= 0.3 is 5.97 Å². The monoisotopic (exact) mass is 353 g/mol. The van der Waals surface area contributed by atoms with Crippen LogP contribution in [0.4, 0.5) is 0 Å². The molecular formula is C20H23N3O3. The molecule has 0 bridgehead atoms. The Balaban J connectivity index is 1.92. The number of fused-ring (bicyclic) bond motifs is 1. The Labute approximate surface area is 152 Å². The summed E-state index contributed by atoms with van der Waals surface area (Å²) in [6.07, 6.45) is 2.13. The summed E-state index contributed by atoms with van der Waals surface area (Å²) in [6, 6.07) is 13.3. The Kier molecular flexibility index (Phi) is 5.65. The number of aromatic carboxylic acids is 1. The van der Waals surface area contributed by atoms with Gasteiger partial charge in [0.1, 0.15) is 6.10 Å². The van der Waals surface area contributed by atoms with Gasteiger partial charge in [0.25, 0.3) is 0 Å². The van der Waals surface area contributed by atoms with Crippen molar-refractivity contribution in [1.29, 1.82) is 0 Å². The highest BCUT2D eigenvalue weighted by molar-refractivity contribution is 6.00. The van der Waals surface area contributed by atoms with Gasteiger partial charge in [-0.25, -0.2) is 4.79 Å².